The molecule has 1 aromatic carbocycles. The summed E-state index contributed by atoms with van der Waals surface area (Å²) in [7, 11) is -3.24. The Balaban J connectivity index is 1.89. The molecule has 126 valence electrons. The lowest BCUT2D eigenvalue weighted by molar-refractivity contribution is 0.602. The number of nitrogens with one attached hydrogen (secondary N) is 1. The van der Waals surface area contributed by atoms with E-state index >= 15 is 0 Å². The van der Waals surface area contributed by atoms with E-state index in [9.17, 15) is 13.7 Å². The molecule has 0 spiro atoms. The first-order valence-electron chi connectivity index (χ1n) is 7.31. The largest absolute Gasteiger partial charge is 0.363 e. The van der Waals surface area contributed by atoms with Gasteiger partial charge in [-0.15, -0.1) is 11.3 Å². The predicted molar refractivity (Wildman–Crippen MR) is 96.9 cm³/mol. The molecule has 25 heavy (non-hydrogen) atoms. The molecule has 0 fully saturated rings. The van der Waals surface area contributed by atoms with Gasteiger partial charge in [0, 0.05) is 16.7 Å². The summed E-state index contributed by atoms with van der Waals surface area (Å²) in [4.78, 5) is 9.97. The minimum absolute atomic E-state index is 0.216. The van der Waals surface area contributed by atoms with E-state index in [0.717, 1.165) is 16.7 Å². The molecule has 0 saturated carbocycles. The number of aromatic nitrogens is 2. The van der Waals surface area contributed by atoms with Crippen molar-refractivity contribution in [3.05, 3.63) is 58.5 Å². The fraction of sp³-hybridized carbons (Fsp3) is 0.118. The van der Waals surface area contributed by atoms with Gasteiger partial charge in [0.1, 0.15) is 6.07 Å². The Morgan fingerprint density at radius 2 is 2.00 bits per heavy atom. The van der Waals surface area contributed by atoms with Crippen molar-refractivity contribution in [2.24, 2.45) is 0 Å². The Bertz CT molecular complexity index is 1020. The van der Waals surface area contributed by atoms with Crippen LogP contribution in [0.15, 0.2) is 52.9 Å². The normalized spacial score (nSPS) is 11.0. The van der Waals surface area contributed by atoms with E-state index in [1.165, 1.54) is 18.3 Å². The summed E-state index contributed by atoms with van der Waals surface area (Å²) in [6, 6.07) is 12.4. The fourth-order valence-electron chi connectivity index (χ4n) is 2.19. The molecule has 6 nitrogen and oxygen atoms in total. The summed E-state index contributed by atoms with van der Waals surface area (Å²) in [6.45, 7) is 0.553. The number of benzene rings is 1. The van der Waals surface area contributed by atoms with Crippen LogP contribution in [0.5, 0.6) is 0 Å². The Hall–Kier alpha value is -2.76. The number of sulfone groups is 1. The molecule has 2 heterocycles. The van der Waals surface area contributed by atoms with Gasteiger partial charge in [-0.25, -0.2) is 18.4 Å². The highest BCUT2D eigenvalue weighted by Gasteiger charge is 2.11. The molecule has 0 aliphatic heterocycles. The van der Waals surface area contributed by atoms with Crippen LogP contribution in [0.4, 0.5) is 5.82 Å². The second-order valence-electron chi connectivity index (χ2n) is 5.29. The number of hydrogen-bond acceptors (Lipinski definition) is 7. The third-order valence-corrected chi connectivity index (χ3v) is 5.47. The molecule has 1 N–H and O–H groups in total. The van der Waals surface area contributed by atoms with Gasteiger partial charge in [-0.1, -0.05) is 18.2 Å². The summed E-state index contributed by atoms with van der Waals surface area (Å²) in [5.41, 5.74) is 1.50. The molecule has 0 bridgehead atoms. The monoisotopic (exact) mass is 370 g/mol. The van der Waals surface area contributed by atoms with E-state index in [0.29, 0.717) is 18.1 Å². The van der Waals surface area contributed by atoms with Crippen LogP contribution in [0.2, 0.25) is 0 Å². The molecular formula is C17H14N4O2S2. The molecule has 8 heteroatoms. The lowest BCUT2D eigenvalue weighted by Gasteiger charge is -2.08. The van der Waals surface area contributed by atoms with Crippen molar-refractivity contribution < 1.29 is 8.42 Å². The Labute approximate surface area is 149 Å². The van der Waals surface area contributed by atoms with E-state index in [2.05, 4.69) is 15.3 Å². The van der Waals surface area contributed by atoms with Crippen molar-refractivity contribution in [2.45, 2.75) is 11.4 Å². The lowest BCUT2D eigenvalue weighted by Crippen LogP contribution is -2.05. The van der Waals surface area contributed by atoms with E-state index in [1.807, 2.05) is 23.6 Å². The molecular weight excluding hydrogens is 356 g/mol. The minimum atomic E-state index is -3.24. The van der Waals surface area contributed by atoms with Gasteiger partial charge in [-0.3, -0.25) is 0 Å². The second-order valence-corrected chi connectivity index (χ2v) is 8.34. The topological polar surface area (TPSA) is 95.7 Å². The third-order valence-electron chi connectivity index (χ3n) is 3.47. The molecule has 0 unspecified atom stereocenters. The van der Waals surface area contributed by atoms with Crippen LogP contribution in [-0.4, -0.2) is 24.6 Å². The maximum atomic E-state index is 11.5. The molecule has 0 amide bonds. The number of rotatable bonds is 5. The van der Waals surface area contributed by atoms with Crippen molar-refractivity contribution in [1.82, 2.24) is 9.97 Å². The molecule has 3 aromatic rings. The first-order valence-corrected chi connectivity index (χ1v) is 10.1. The van der Waals surface area contributed by atoms with Gasteiger partial charge in [0.25, 0.3) is 0 Å². The summed E-state index contributed by atoms with van der Waals surface area (Å²) >= 11 is 1.61. The smallest absolute Gasteiger partial charge is 0.183 e. The SMILES string of the molecule is CS(=O)(=O)c1ccc(-c2cnc(C#N)c(NCc3cccs3)n2)cc1. The van der Waals surface area contributed by atoms with Gasteiger partial charge >= 0.3 is 0 Å². The zero-order chi connectivity index (χ0) is 17.9. The Kier molecular flexibility index (Phi) is 4.79. The Morgan fingerprint density at radius 1 is 1.24 bits per heavy atom. The van der Waals surface area contributed by atoms with Crippen LogP contribution in [0.3, 0.4) is 0 Å². The zero-order valence-corrected chi connectivity index (χ0v) is 14.9. The molecule has 0 atom stereocenters. The number of thiophene rings is 1. The standard InChI is InChI=1S/C17H14N4O2S2/c1-25(22,23)14-6-4-12(5-7-14)16-11-19-15(9-18)17(21-16)20-10-13-3-2-8-24-13/h2-8,11H,10H2,1H3,(H,20,21). The van der Waals surface area contributed by atoms with Gasteiger partial charge in [0.15, 0.2) is 21.3 Å². The van der Waals surface area contributed by atoms with E-state index in [4.69, 9.17) is 0 Å². The van der Waals surface area contributed by atoms with E-state index in [-0.39, 0.29) is 10.6 Å². The Morgan fingerprint density at radius 3 is 2.60 bits per heavy atom. The van der Waals surface area contributed by atoms with Crippen LogP contribution in [0.1, 0.15) is 10.6 Å². The highest BCUT2D eigenvalue weighted by molar-refractivity contribution is 7.90. The van der Waals surface area contributed by atoms with Gasteiger partial charge in [-0.2, -0.15) is 5.26 Å². The zero-order valence-electron chi connectivity index (χ0n) is 13.3. The van der Waals surface area contributed by atoms with Crippen molar-refractivity contribution in [2.75, 3.05) is 11.6 Å². The number of nitriles is 1. The quantitative estimate of drug-likeness (QED) is 0.741. The van der Waals surface area contributed by atoms with Crippen molar-refractivity contribution in [3.63, 3.8) is 0 Å². The maximum Gasteiger partial charge on any atom is 0.183 e. The summed E-state index contributed by atoms with van der Waals surface area (Å²) < 4.78 is 23.1. The number of nitrogens with zero attached hydrogens (tertiary/aromatic N) is 3. The van der Waals surface area contributed by atoms with E-state index in [1.54, 1.807) is 23.5 Å². The van der Waals surface area contributed by atoms with Gasteiger partial charge in [-0.05, 0) is 23.6 Å². The molecule has 3 rings (SSSR count). The highest BCUT2D eigenvalue weighted by Crippen LogP contribution is 2.22. The first-order chi connectivity index (χ1) is 12.0. The van der Waals surface area contributed by atoms with Gasteiger partial charge in [0.05, 0.1) is 23.3 Å². The molecule has 0 aliphatic carbocycles. The lowest BCUT2D eigenvalue weighted by atomic mass is 10.1. The van der Waals surface area contributed by atoms with E-state index < -0.39 is 9.84 Å². The molecule has 2 aromatic heterocycles. The second kappa shape index (κ2) is 7.01. The number of hydrogen-bond donors (Lipinski definition) is 1. The van der Waals surface area contributed by atoms with Crippen LogP contribution in [0.25, 0.3) is 11.3 Å². The van der Waals surface area contributed by atoms with Crippen LogP contribution in [0, 0.1) is 11.3 Å². The first kappa shape index (κ1) is 17.1. The van der Waals surface area contributed by atoms with Crippen LogP contribution < -0.4 is 5.32 Å². The average Bonchev–Trinajstić information content (AvgIpc) is 3.12. The summed E-state index contributed by atoms with van der Waals surface area (Å²) in [5, 5.41) is 14.3. The predicted octanol–water partition coefficient (Wildman–Crippen LogP) is 3.09. The van der Waals surface area contributed by atoms with Crippen LogP contribution in [-0.2, 0) is 16.4 Å². The molecule has 0 aliphatic rings. The third kappa shape index (κ3) is 4.02. The van der Waals surface area contributed by atoms with Crippen molar-refractivity contribution >= 4 is 27.0 Å². The molecule has 0 radical (unpaired) electrons. The minimum Gasteiger partial charge on any atom is -0.363 e. The maximum absolute atomic E-state index is 11.5. The summed E-state index contributed by atoms with van der Waals surface area (Å²) in [6.07, 6.45) is 2.67. The molecule has 0 saturated heterocycles. The van der Waals surface area contributed by atoms with Crippen molar-refractivity contribution in [3.8, 4) is 17.3 Å². The van der Waals surface area contributed by atoms with Crippen LogP contribution >= 0.6 is 11.3 Å². The fourth-order valence-corrected chi connectivity index (χ4v) is 3.47. The number of anilines is 1. The highest BCUT2D eigenvalue weighted by atomic mass is 32.2. The average molecular weight is 370 g/mol. The summed E-state index contributed by atoms with van der Waals surface area (Å²) in [5.74, 6) is 0.403. The van der Waals surface area contributed by atoms with Crippen molar-refractivity contribution in [1.29, 1.82) is 5.26 Å². The van der Waals surface area contributed by atoms with Gasteiger partial charge < -0.3 is 5.32 Å². The van der Waals surface area contributed by atoms with Gasteiger partial charge in [0.2, 0.25) is 0 Å².